The van der Waals surface area contributed by atoms with Crippen molar-refractivity contribution >= 4 is 11.6 Å². The van der Waals surface area contributed by atoms with Gasteiger partial charge in [0.2, 0.25) is 5.91 Å². The van der Waals surface area contributed by atoms with Crippen molar-refractivity contribution in [3.63, 3.8) is 0 Å². The van der Waals surface area contributed by atoms with Gasteiger partial charge in [0.25, 0.3) is 0 Å². The van der Waals surface area contributed by atoms with Crippen LogP contribution in [-0.2, 0) is 11.4 Å². The van der Waals surface area contributed by atoms with Gasteiger partial charge in [-0.1, -0.05) is 18.2 Å². The van der Waals surface area contributed by atoms with Crippen LogP contribution in [0.4, 0.5) is 5.69 Å². The number of aliphatic hydroxyl groups excluding tert-OH is 1. The molecule has 0 radical (unpaired) electrons. The summed E-state index contributed by atoms with van der Waals surface area (Å²) in [6, 6.07) is 7.28. The highest BCUT2D eigenvalue weighted by atomic mass is 16.3. The van der Waals surface area contributed by atoms with E-state index in [1.807, 2.05) is 12.1 Å². The molecule has 0 atom stereocenters. The van der Waals surface area contributed by atoms with Gasteiger partial charge in [-0.25, -0.2) is 0 Å². The van der Waals surface area contributed by atoms with E-state index in [0.717, 1.165) is 18.7 Å². The fourth-order valence-corrected chi connectivity index (χ4v) is 1.49. The molecule has 4 heteroatoms. The zero-order valence-electron chi connectivity index (χ0n) is 8.36. The van der Waals surface area contributed by atoms with Crippen molar-refractivity contribution in [2.45, 2.75) is 6.61 Å². The first kappa shape index (κ1) is 10.1. The number of rotatable bonds is 3. The molecule has 2 rings (SSSR count). The molecule has 80 valence electrons. The van der Waals surface area contributed by atoms with Crippen LogP contribution in [0.15, 0.2) is 24.3 Å². The molecule has 0 unspecified atom stereocenters. The van der Waals surface area contributed by atoms with E-state index >= 15 is 0 Å². The van der Waals surface area contributed by atoms with E-state index in [-0.39, 0.29) is 18.4 Å². The summed E-state index contributed by atoms with van der Waals surface area (Å²) in [6.07, 6.45) is 0. The molecule has 1 aliphatic heterocycles. The molecule has 1 aliphatic rings. The molecule has 0 bridgehead atoms. The Hall–Kier alpha value is -1.39. The number of carbonyl (C=O) groups excluding carboxylic acids is 1. The largest absolute Gasteiger partial charge is 0.392 e. The molecule has 3 N–H and O–H groups in total. The third-order valence-electron chi connectivity index (χ3n) is 2.60. The Bertz CT molecular complexity index is 361. The van der Waals surface area contributed by atoms with E-state index < -0.39 is 0 Å². The lowest BCUT2D eigenvalue weighted by Gasteiger charge is -2.26. The number of para-hydroxylation sites is 1. The summed E-state index contributed by atoms with van der Waals surface area (Å²) in [5, 5.41) is 14.9. The quantitative estimate of drug-likeness (QED) is 0.668. The summed E-state index contributed by atoms with van der Waals surface area (Å²) in [5.74, 6) is 0.0893. The first-order valence-electron chi connectivity index (χ1n) is 5.01. The molecule has 1 heterocycles. The monoisotopic (exact) mass is 206 g/mol. The summed E-state index contributed by atoms with van der Waals surface area (Å²) in [4.78, 5) is 11.6. The average molecular weight is 206 g/mol. The van der Waals surface area contributed by atoms with Crippen molar-refractivity contribution in [1.29, 1.82) is 0 Å². The van der Waals surface area contributed by atoms with Gasteiger partial charge in [0, 0.05) is 24.3 Å². The second kappa shape index (κ2) is 4.42. The van der Waals surface area contributed by atoms with Crippen molar-refractivity contribution in [2.75, 3.05) is 18.4 Å². The second-order valence-electron chi connectivity index (χ2n) is 3.66. The Morgan fingerprint density at radius 3 is 2.80 bits per heavy atom. The third-order valence-corrected chi connectivity index (χ3v) is 2.60. The SMILES string of the molecule is O=C(Nc1ccccc1CO)C1CNC1. The minimum atomic E-state index is -0.0562. The Morgan fingerprint density at radius 2 is 2.20 bits per heavy atom. The standard InChI is InChI=1S/C11H14N2O2/c14-7-8-3-1-2-4-10(8)13-11(15)9-5-12-6-9/h1-4,9,12,14H,5-7H2,(H,13,15). The van der Waals surface area contributed by atoms with Crippen LogP contribution in [0.25, 0.3) is 0 Å². The third kappa shape index (κ3) is 2.16. The number of amides is 1. The second-order valence-corrected chi connectivity index (χ2v) is 3.66. The van der Waals surface area contributed by atoms with Crippen LogP contribution in [0.3, 0.4) is 0 Å². The van der Waals surface area contributed by atoms with Crippen LogP contribution in [0, 0.1) is 5.92 Å². The maximum atomic E-state index is 11.6. The van der Waals surface area contributed by atoms with Gasteiger partial charge in [-0.05, 0) is 6.07 Å². The van der Waals surface area contributed by atoms with Crippen molar-refractivity contribution in [1.82, 2.24) is 5.32 Å². The molecule has 1 aromatic carbocycles. The lowest BCUT2D eigenvalue weighted by molar-refractivity contribution is -0.121. The van der Waals surface area contributed by atoms with E-state index in [0.29, 0.717) is 5.69 Å². The number of hydrogen-bond donors (Lipinski definition) is 3. The summed E-state index contributed by atoms with van der Waals surface area (Å²) in [6.45, 7) is 1.43. The zero-order valence-corrected chi connectivity index (χ0v) is 8.36. The highest BCUT2D eigenvalue weighted by Crippen LogP contribution is 2.16. The first-order valence-corrected chi connectivity index (χ1v) is 5.01. The van der Waals surface area contributed by atoms with Crippen LogP contribution >= 0.6 is 0 Å². The maximum Gasteiger partial charge on any atom is 0.230 e. The van der Waals surface area contributed by atoms with Gasteiger partial charge in [-0.15, -0.1) is 0 Å². The van der Waals surface area contributed by atoms with Crippen molar-refractivity contribution in [2.24, 2.45) is 5.92 Å². The predicted octanol–water partition coefficient (Wildman–Crippen LogP) is 0.337. The normalized spacial score (nSPS) is 15.8. The Labute approximate surface area is 88.3 Å². The van der Waals surface area contributed by atoms with Gasteiger partial charge in [-0.2, -0.15) is 0 Å². The van der Waals surface area contributed by atoms with Crippen LogP contribution in [0.2, 0.25) is 0 Å². The molecule has 1 saturated heterocycles. The van der Waals surface area contributed by atoms with E-state index in [2.05, 4.69) is 10.6 Å². The van der Waals surface area contributed by atoms with Gasteiger partial charge in [0.1, 0.15) is 0 Å². The fraction of sp³-hybridized carbons (Fsp3) is 0.364. The number of nitrogens with one attached hydrogen (secondary N) is 2. The van der Waals surface area contributed by atoms with E-state index in [9.17, 15) is 4.79 Å². The topological polar surface area (TPSA) is 61.4 Å². The summed E-state index contributed by atoms with van der Waals surface area (Å²) < 4.78 is 0. The molecule has 0 saturated carbocycles. The highest BCUT2D eigenvalue weighted by Gasteiger charge is 2.24. The Kier molecular flexibility index (Phi) is 2.99. The fourth-order valence-electron chi connectivity index (χ4n) is 1.49. The molecule has 1 fully saturated rings. The van der Waals surface area contributed by atoms with E-state index in [1.54, 1.807) is 12.1 Å². The number of carbonyl (C=O) groups is 1. The van der Waals surface area contributed by atoms with E-state index in [1.165, 1.54) is 0 Å². The highest BCUT2D eigenvalue weighted by molar-refractivity contribution is 5.94. The Balaban J connectivity index is 2.05. The summed E-state index contributed by atoms with van der Waals surface area (Å²) in [5.41, 5.74) is 1.45. The number of anilines is 1. The molecular weight excluding hydrogens is 192 g/mol. The van der Waals surface area contributed by atoms with Crippen LogP contribution in [0.1, 0.15) is 5.56 Å². The van der Waals surface area contributed by atoms with Crippen molar-refractivity contribution in [3.05, 3.63) is 29.8 Å². The smallest absolute Gasteiger partial charge is 0.230 e. The van der Waals surface area contributed by atoms with Crippen molar-refractivity contribution < 1.29 is 9.90 Å². The summed E-state index contributed by atoms with van der Waals surface area (Å²) >= 11 is 0. The Morgan fingerprint density at radius 1 is 1.47 bits per heavy atom. The minimum absolute atomic E-state index is 0.0228. The van der Waals surface area contributed by atoms with Gasteiger partial charge < -0.3 is 15.7 Å². The van der Waals surface area contributed by atoms with E-state index in [4.69, 9.17) is 5.11 Å². The van der Waals surface area contributed by atoms with Crippen LogP contribution in [-0.4, -0.2) is 24.1 Å². The molecule has 0 aromatic heterocycles. The molecule has 0 spiro atoms. The first-order chi connectivity index (χ1) is 7.31. The number of benzene rings is 1. The number of aliphatic hydroxyl groups is 1. The average Bonchev–Trinajstić information content (AvgIpc) is 2.15. The van der Waals surface area contributed by atoms with Gasteiger partial charge >= 0.3 is 0 Å². The molecule has 15 heavy (non-hydrogen) atoms. The lowest BCUT2D eigenvalue weighted by Crippen LogP contribution is -2.48. The molecule has 0 aliphatic carbocycles. The zero-order chi connectivity index (χ0) is 10.7. The van der Waals surface area contributed by atoms with Gasteiger partial charge in [0.05, 0.1) is 12.5 Å². The van der Waals surface area contributed by atoms with Crippen LogP contribution < -0.4 is 10.6 Å². The van der Waals surface area contributed by atoms with Crippen LogP contribution in [0.5, 0.6) is 0 Å². The number of hydrogen-bond acceptors (Lipinski definition) is 3. The van der Waals surface area contributed by atoms with Gasteiger partial charge in [0.15, 0.2) is 0 Å². The lowest BCUT2D eigenvalue weighted by atomic mass is 10.0. The maximum absolute atomic E-state index is 11.6. The molecular formula is C11H14N2O2. The summed E-state index contributed by atoms with van der Waals surface area (Å²) in [7, 11) is 0. The minimum Gasteiger partial charge on any atom is -0.392 e. The predicted molar refractivity (Wildman–Crippen MR) is 57.4 cm³/mol. The molecule has 4 nitrogen and oxygen atoms in total. The molecule has 1 aromatic rings. The van der Waals surface area contributed by atoms with Crippen molar-refractivity contribution in [3.8, 4) is 0 Å². The van der Waals surface area contributed by atoms with Gasteiger partial charge in [-0.3, -0.25) is 4.79 Å². The molecule has 1 amide bonds.